The van der Waals surface area contributed by atoms with Crippen LogP contribution in [0.1, 0.15) is 15.9 Å². The summed E-state index contributed by atoms with van der Waals surface area (Å²) < 4.78 is 9.93. The van der Waals surface area contributed by atoms with E-state index in [4.69, 9.17) is 4.74 Å². The van der Waals surface area contributed by atoms with Gasteiger partial charge < -0.3 is 14.8 Å². The van der Waals surface area contributed by atoms with Gasteiger partial charge in [0.2, 0.25) is 0 Å². The van der Waals surface area contributed by atoms with Crippen LogP contribution >= 0.6 is 11.8 Å². The van der Waals surface area contributed by atoms with Gasteiger partial charge in [-0.2, -0.15) is 0 Å². The van der Waals surface area contributed by atoms with E-state index >= 15 is 0 Å². The number of para-hydroxylation sites is 2. The first-order chi connectivity index (χ1) is 12.6. The Balaban J connectivity index is 1.80. The van der Waals surface area contributed by atoms with Crippen LogP contribution in [0.15, 0.2) is 58.4 Å². The molecule has 132 valence electrons. The maximum atomic E-state index is 12.2. The van der Waals surface area contributed by atoms with E-state index in [1.807, 2.05) is 18.2 Å². The Morgan fingerprint density at radius 3 is 2.54 bits per heavy atom. The fraction of sp³-hybridized carbons (Fsp3) is 0.105. The van der Waals surface area contributed by atoms with Crippen molar-refractivity contribution in [1.29, 1.82) is 0 Å². The van der Waals surface area contributed by atoms with Crippen molar-refractivity contribution in [2.24, 2.45) is 4.99 Å². The molecule has 1 saturated heterocycles. The van der Waals surface area contributed by atoms with Gasteiger partial charge in [0, 0.05) is 0 Å². The molecule has 0 bridgehead atoms. The first-order valence-corrected chi connectivity index (χ1v) is 8.53. The number of aliphatic imine (C=N–C) groups is 1. The second-order valence-corrected chi connectivity index (χ2v) is 6.30. The predicted molar refractivity (Wildman–Crippen MR) is 102 cm³/mol. The summed E-state index contributed by atoms with van der Waals surface area (Å²) in [5.74, 6) is 0.00906. The smallest absolute Gasteiger partial charge is 0.337 e. The Kier molecular flexibility index (Phi) is 5.38. The van der Waals surface area contributed by atoms with Gasteiger partial charge in [0.1, 0.15) is 11.4 Å². The number of hydrogen-bond acceptors (Lipinski definition) is 6. The molecular formula is C19H16N2O4S. The summed E-state index contributed by atoms with van der Waals surface area (Å²) in [5, 5.41) is 3.22. The number of hydrogen-bond donors (Lipinski definition) is 1. The largest absolute Gasteiger partial charge is 0.494 e. The molecule has 0 aromatic heterocycles. The Bertz CT molecular complexity index is 904. The number of amides is 1. The minimum Gasteiger partial charge on any atom is -0.494 e. The van der Waals surface area contributed by atoms with Crippen LogP contribution in [-0.4, -0.2) is 31.3 Å². The van der Waals surface area contributed by atoms with Gasteiger partial charge in [0.25, 0.3) is 5.91 Å². The molecule has 1 amide bonds. The zero-order valence-electron chi connectivity index (χ0n) is 14.2. The van der Waals surface area contributed by atoms with Gasteiger partial charge in [-0.25, -0.2) is 9.79 Å². The molecule has 6 nitrogen and oxygen atoms in total. The minimum atomic E-state index is -0.400. The van der Waals surface area contributed by atoms with Crippen LogP contribution in [0, 0.1) is 0 Å². The van der Waals surface area contributed by atoms with Crippen LogP contribution in [0.25, 0.3) is 6.08 Å². The van der Waals surface area contributed by atoms with E-state index in [1.54, 1.807) is 43.5 Å². The van der Waals surface area contributed by atoms with Crippen molar-refractivity contribution in [2.45, 2.75) is 0 Å². The second kappa shape index (κ2) is 7.88. The number of benzene rings is 2. The van der Waals surface area contributed by atoms with Crippen molar-refractivity contribution in [3.8, 4) is 5.75 Å². The predicted octanol–water partition coefficient (Wildman–Crippen LogP) is 3.37. The molecule has 0 atom stereocenters. The lowest BCUT2D eigenvalue weighted by molar-refractivity contribution is -0.115. The quantitative estimate of drug-likeness (QED) is 0.661. The molecule has 0 saturated carbocycles. The molecular weight excluding hydrogens is 352 g/mol. The molecule has 7 heteroatoms. The lowest BCUT2D eigenvalue weighted by atomic mass is 10.1. The van der Waals surface area contributed by atoms with Gasteiger partial charge in [0.15, 0.2) is 5.17 Å². The molecule has 0 spiro atoms. The number of esters is 1. The number of rotatable bonds is 4. The molecule has 1 aliphatic heterocycles. The summed E-state index contributed by atoms with van der Waals surface area (Å²) in [4.78, 5) is 28.6. The highest BCUT2D eigenvalue weighted by Crippen LogP contribution is 2.31. The number of nitrogens with zero attached hydrogens (tertiary/aromatic N) is 1. The molecule has 0 radical (unpaired) electrons. The zero-order valence-corrected chi connectivity index (χ0v) is 15.0. The number of carbonyl (C=O) groups is 2. The van der Waals surface area contributed by atoms with E-state index in [0.29, 0.717) is 27.1 Å². The van der Waals surface area contributed by atoms with Crippen LogP contribution in [0.4, 0.5) is 5.69 Å². The first kappa shape index (κ1) is 17.8. The molecule has 3 rings (SSSR count). The summed E-state index contributed by atoms with van der Waals surface area (Å²) in [6.07, 6.45) is 1.74. The summed E-state index contributed by atoms with van der Waals surface area (Å²) in [6, 6.07) is 14.1. The number of ether oxygens (including phenoxy) is 2. The highest BCUT2D eigenvalue weighted by atomic mass is 32.2. The summed E-state index contributed by atoms with van der Waals surface area (Å²) in [7, 11) is 2.91. The van der Waals surface area contributed by atoms with E-state index in [2.05, 4.69) is 15.0 Å². The van der Waals surface area contributed by atoms with Crippen molar-refractivity contribution < 1.29 is 19.1 Å². The van der Waals surface area contributed by atoms with E-state index in [9.17, 15) is 9.59 Å². The van der Waals surface area contributed by atoms with Gasteiger partial charge >= 0.3 is 5.97 Å². The van der Waals surface area contributed by atoms with E-state index in [1.165, 1.54) is 18.9 Å². The molecule has 2 aromatic carbocycles. The van der Waals surface area contributed by atoms with Gasteiger partial charge in [-0.05, 0) is 47.7 Å². The third-order valence-electron chi connectivity index (χ3n) is 3.59. The van der Waals surface area contributed by atoms with Crippen LogP contribution in [-0.2, 0) is 9.53 Å². The van der Waals surface area contributed by atoms with Crippen molar-refractivity contribution in [1.82, 2.24) is 5.32 Å². The lowest BCUT2D eigenvalue weighted by Gasteiger charge is -2.03. The average molecular weight is 368 g/mol. The molecule has 1 fully saturated rings. The Labute approximate surface area is 154 Å². The van der Waals surface area contributed by atoms with Crippen molar-refractivity contribution in [3.05, 3.63) is 64.6 Å². The van der Waals surface area contributed by atoms with Gasteiger partial charge in [-0.3, -0.25) is 4.79 Å². The molecule has 1 aliphatic rings. The number of carbonyl (C=O) groups excluding carboxylic acids is 2. The SMILES string of the molecule is COC(=O)c1ccc(/C=C2\SC(=Nc3ccccc3OC)NC2=O)cc1. The maximum absolute atomic E-state index is 12.2. The van der Waals surface area contributed by atoms with E-state index in [0.717, 1.165) is 5.56 Å². The topological polar surface area (TPSA) is 77.0 Å². The summed E-state index contributed by atoms with van der Waals surface area (Å²) in [6.45, 7) is 0. The lowest BCUT2D eigenvalue weighted by Crippen LogP contribution is -2.19. The fourth-order valence-corrected chi connectivity index (χ4v) is 3.13. The highest BCUT2D eigenvalue weighted by molar-refractivity contribution is 8.18. The third kappa shape index (κ3) is 3.94. The van der Waals surface area contributed by atoms with Crippen LogP contribution in [0.5, 0.6) is 5.75 Å². The van der Waals surface area contributed by atoms with E-state index in [-0.39, 0.29) is 5.91 Å². The van der Waals surface area contributed by atoms with Crippen LogP contribution < -0.4 is 10.1 Å². The second-order valence-electron chi connectivity index (χ2n) is 5.27. The Hall–Kier alpha value is -3.06. The molecule has 26 heavy (non-hydrogen) atoms. The zero-order chi connectivity index (χ0) is 18.5. The van der Waals surface area contributed by atoms with Crippen molar-refractivity contribution >= 4 is 40.6 Å². The fourth-order valence-electron chi connectivity index (χ4n) is 2.30. The molecule has 0 aliphatic carbocycles. The van der Waals surface area contributed by atoms with Crippen molar-refractivity contribution in [2.75, 3.05) is 14.2 Å². The molecule has 0 unspecified atom stereocenters. The number of nitrogens with one attached hydrogen (secondary N) is 1. The monoisotopic (exact) mass is 368 g/mol. The van der Waals surface area contributed by atoms with Crippen LogP contribution in [0.2, 0.25) is 0 Å². The Morgan fingerprint density at radius 2 is 1.85 bits per heavy atom. The van der Waals surface area contributed by atoms with E-state index < -0.39 is 5.97 Å². The average Bonchev–Trinajstić information content (AvgIpc) is 3.01. The van der Waals surface area contributed by atoms with Crippen molar-refractivity contribution in [3.63, 3.8) is 0 Å². The van der Waals surface area contributed by atoms with Gasteiger partial charge in [-0.1, -0.05) is 24.3 Å². The minimum absolute atomic E-state index is 0.222. The molecule has 1 heterocycles. The maximum Gasteiger partial charge on any atom is 0.337 e. The third-order valence-corrected chi connectivity index (χ3v) is 4.50. The van der Waals surface area contributed by atoms with Gasteiger partial charge in [-0.15, -0.1) is 0 Å². The number of amidine groups is 1. The Morgan fingerprint density at radius 1 is 1.12 bits per heavy atom. The normalized spacial score (nSPS) is 16.6. The summed E-state index contributed by atoms with van der Waals surface area (Å²) >= 11 is 1.25. The highest BCUT2D eigenvalue weighted by Gasteiger charge is 2.24. The first-order valence-electron chi connectivity index (χ1n) is 7.71. The van der Waals surface area contributed by atoms with Gasteiger partial charge in [0.05, 0.1) is 24.7 Å². The van der Waals surface area contributed by atoms with Crippen LogP contribution in [0.3, 0.4) is 0 Å². The number of thioether (sulfide) groups is 1. The standard InChI is InChI=1S/C19H16N2O4S/c1-24-15-6-4-3-5-14(15)20-19-21-17(22)16(26-19)11-12-7-9-13(10-8-12)18(23)25-2/h3-11H,1-2H3,(H,20,21,22)/b16-11-. The number of methoxy groups -OCH3 is 2. The summed E-state index contributed by atoms with van der Waals surface area (Å²) in [5.41, 5.74) is 1.90. The molecule has 1 N–H and O–H groups in total. The molecule has 2 aromatic rings.